The van der Waals surface area contributed by atoms with Gasteiger partial charge in [0.25, 0.3) is 5.56 Å². The van der Waals surface area contributed by atoms with Gasteiger partial charge in [0.05, 0.1) is 0 Å². The second kappa shape index (κ2) is 8.98. The number of hydrogen-bond donors (Lipinski definition) is 1. The summed E-state index contributed by atoms with van der Waals surface area (Å²) in [6, 6.07) is 10.6. The Morgan fingerprint density at radius 3 is 2.43 bits per heavy atom. The minimum atomic E-state index is -0.129. The van der Waals surface area contributed by atoms with Gasteiger partial charge in [0.1, 0.15) is 11.9 Å². The van der Waals surface area contributed by atoms with Gasteiger partial charge in [-0.3, -0.25) is 9.36 Å². The first-order valence-corrected chi connectivity index (χ1v) is 10.4. The van der Waals surface area contributed by atoms with Crippen LogP contribution in [-0.2, 0) is 6.42 Å². The number of anilines is 2. The Morgan fingerprint density at radius 2 is 1.80 bits per heavy atom. The van der Waals surface area contributed by atoms with Crippen molar-refractivity contribution in [2.45, 2.75) is 38.7 Å². The molecule has 0 bridgehead atoms. The average molecular weight is 406 g/mol. The van der Waals surface area contributed by atoms with Crippen LogP contribution < -0.4 is 20.9 Å². The van der Waals surface area contributed by atoms with Gasteiger partial charge < -0.3 is 15.4 Å². The van der Waals surface area contributed by atoms with Gasteiger partial charge in [-0.2, -0.15) is 0 Å². The molecule has 4 rings (SSSR count). The maximum absolute atomic E-state index is 12.5. The van der Waals surface area contributed by atoms with Crippen LogP contribution in [0.25, 0.3) is 5.69 Å². The monoisotopic (exact) mass is 405 g/mol. The predicted molar refractivity (Wildman–Crippen MR) is 118 cm³/mol. The van der Waals surface area contributed by atoms with Crippen molar-refractivity contribution >= 4 is 11.6 Å². The third kappa shape index (κ3) is 4.62. The number of aromatic nitrogens is 3. The first-order valence-electron chi connectivity index (χ1n) is 10.4. The van der Waals surface area contributed by atoms with Crippen LogP contribution in [-0.4, -0.2) is 33.7 Å². The summed E-state index contributed by atoms with van der Waals surface area (Å²) in [6.07, 6.45) is 9.48. The molecule has 0 aliphatic carbocycles. The van der Waals surface area contributed by atoms with E-state index in [0.717, 1.165) is 50.4 Å². The van der Waals surface area contributed by atoms with Crippen LogP contribution in [0.3, 0.4) is 0 Å². The zero-order valence-corrected chi connectivity index (χ0v) is 17.2. The molecule has 1 aromatic carbocycles. The molecule has 2 aromatic heterocycles. The van der Waals surface area contributed by atoms with E-state index < -0.39 is 0 Å². The van der Waals surface area contributed by atoms with E-state index >= 15 is 0 Å². The fraction of sp³-hybridized carbons (Fsp3) is 0.348. The molecule has 1 aliphatic heterocycles. The van der Waals surface area contributed by atoms with Gasteiger partial charge in [-0.1, -0.05) is 13.3 Å². The number of nitrogen functional groups attached to an aromatic ring is 1. The van der Waals surface area contributed by atoms with E-state index in [0.29, 0.717) is 11.4 Å². The maximum Gasteiger partial charge on any atom is 0.258 e. The summed E-state index contributed by atoms with van der Waals surface area (Å²) < 4.78 is 7.66. The van der Waals surface area contributed by atoms with Crippen LogP contribution in [0, 0.1) is 0 Å². The van der Waals surface area contributed by atoms with Gasteiger partial charge in [0.15, 0.2) is 0 Å². The molecular weight excluding hydrogens is 378 g/mol. The van der Waals surface area contributed by atoms with Crippen molar-refractivity contribution in [3.05, 3.63) is 70.9 Å². The fourth-order valence-corrected chi connectivity index (χ4v) is 3.68. The van der Waals surface area contributed by atoms with Gasteiger partial charge >= 0.3 is 0 Å². The number of hydrogen-bond acceptors (Lipinski definition) is 6. The fourth-order valence-electron chi connectivity index (χ4n) is 3.68. The highest BCUT2D eigenvalue weighted by molar-refractivity contribution is 5.45. The Labute approximate surface area is 176 Å². The van der Waals surface area contributed by atoms with Gasteiger partial charge in [0.2, 0.25) is 5.95 Å². The smallest absolute Gasteiger partial charge is 0.258 e. The minimum Gasteiger partial charge on any atom is -0.490 e. The van der Waals surface area contributed by atoms with Gasteiger partial charge in [-0.25, -0.2) is 9.97 Å². The van der Waals surface area contributed by atoms with Crippen molar-refractivity contribution in [2.75, 3.05) is 23.7 Å². The number of nitrogens with zero attached hydrogens (tertiary/aromatic N) is 4. The quantitative estimate of drug-likeness (QED) is 0.634. The number of nitrogens with two attached hydrogens (primary N) is 1. The van der Waals surface area contributed by atoms with E-state index in [4.69, 9.17) is 10.5 Å². The van der Waals surface area contributed by atoms with Gasteiger partial charge in [-0.05, 0) is 42.3 Å². The SMILES string of the molecule is CCCc1cnc(N2CCC(Oc3ccn(-c4ccc(N)cc4)c(=O)c3)CC2)nc1. The summed E-state index contributed by atoms with van der Waals surface area (Å²) in [5.74, 6) is 1.38. The van der Waals surface area contributed by atoms with Crippen LogP contribution in [0.2, 0.25) is 0 Å². The lowest BCUT2D eigenvalue weighted by molar-refractivity contribution is 0.170. The van der Waals surface area contributed by atoms with Crippen molar-refractivity contribution in [2.24, 2.45) is 0 Å². The molecule has 1 saturated heterocycles. The standard InChI is InChI=1S/C23H27N5O2/c1-2-3-17-15-25-23(26-16-17)27-11-8-20(9-12-27)30-21-10-13-28(22(29)14-21)19-6-4-18(24)5-7-19/h4-7,10,13-16,20H,2-3,8-9,11-12,24H2,1H3. The molecule has 3 aromatic rings. The Kier molecular flexibility index (Phi) is 5.97. The zero-order valence-electron chi connectivity index (χ0n) is 17.2. The molecule has 3 heterocycles. The van der Waals surface area contributed by atoms with Crippen molar-refractivity contribution in [3.8, 4) is 11.4 Å². The normalized spacial score (nSPS) is 14.6. The molecule has 7 nitrogen and oxygen atoms in total. The summed E-state index contributed by atoms with van der Waals surface area (Å²) >= 11 is 0. The number of rotatable bonds is 6. The summed E-state index contributed by atoms with van der Waals surface area (Å²) in [7, 11) is 0. The van der Waals surface area contributed by atoms with E-state index in [1.54, 1.807) is 22.9 Å². The van der Waals surface area contributed by atoms with Crippen LogP contribution in [0.5, 0.6) is 5.75 Å². The summed E-state index contributed by atoms with van der Waals surface area (Å²) in [5, 5.41) is 0. The number of benzene rings is 1. The van der Waals surface area contributed by atoms with Crippen LogP contribution in [0.15, 0.2) is 59.8 Å². The van der Waals surface area contributed by atoms with Crippen molar-refractivity contribution < 1.29 is 4.74 Å². The Balaban J connectivity index is 1.35. The molecule has 0 atom stereocenters. The van der Waals surface area contributed by atoms with E-state index in [1.165, 1.54) is 11.6 Å². The molecule has 0 saturated carbocycles. The Bertz CT molecular complexity index is 1020. The summed E-state index contributed by atoms with van der Waals surface area (Å²) in [5.41, 5.74) is 8.21. The molecular formula is C23H27N5O2. The lowest BCUT2D eigenvalue weighted by atomic mass is 10.1. The third-order valence-corrected chi connectivity index (χ3v) is 5.32. The lowest BCUT2D eigenvalue weighted by Crippen LogP contribution is -2.39. The molecule has 0 amide bonds. The van der Waals surface area contributed by atoms with E-state index in [9.17, 15) is 4.79 Å². The molecule has 2 N–H and O–H groups in total. The van der Waals surface area contributed by atoms with Gasteiger partial charge in [0, 0.05) is 62.0 Å². The average Bonchev–Trinajstić information content (AvgIpc) is 2.76. The summed E-state index contributed by atoms with van der Waals surface area (Å²) in [6.45, 7) is 3.82. The van der Waals surface area contributed by atoms with Crippen molar-refractivity contribution in [1.29, 1.82) is 0 Å². The Morgan fingerprint density at radius 1 is 1.10 bits per heavy atom. The highest BCUT2D eigenvalue weighted by Crippen LogP contribution is 2.21. The van der Waals surface area contributed by atoms with Gasteiger partial charge in [-0.15, -0.1) is 0 Å². The predicted octanol–water partition coefficient (Wildman–Crippen LogP) is 3.21. The minimum absolute atomic E-state index is 0.0763. The molecule has 1 aliphatic rings. The number of piperidine rings is 1. The molecule has 0 unspecified atom stereocenters. The molecule has 0 spiro atoms. The second-order valence-corrected chi connectivity index (χ2v) is 7.61. The van der Waals surface area contributed by atoms with E-state index in [1.807, 2.05) is 30.6 Å². The molecule has 7 heteroatoms. The topological polar surface area (TPSA) is 86.3 Å². The number of pyridine rings is 1. The lowest BCUT2D eigenvalue weighted by Gasteiger charge is -2.32. The molecule has 156 valence electrons. The first kappa shape index (κ1) is 19.9. The van der Waals surface area contributed by atoms with E-state index in [2.05, 4.69) is 21.8 Å². The van der Waals surface area contributed by atoms with E-state index in [-0.39, 0.29) is 11.7 Å². The highest BCUT2D eigenvalue weighted by Gasteiger charge is 2.22. The van der Waals surface area contributed by atoms with Crippen LogP contribution in [0.4, 0.5) is 11.6 Å². The zero-order chi connectivity index (χ0) is 20.9. The maximum atomic E-state index is 12.5. The van der Waals surface area contributed by atoms with Crippen LogP contribution >= 0.6 is 0 Å². The number of aryl methyl sites for hydroxylation is 1. The first-order chi connectivity index (χ1) is 14.6. The van der Waals surface area contributed by atoms with Crippen molar-refractivity contribution in [3.63, 3.8) is 0 Å². The Hall–Kier alpha value is -3.35. The van der Waals surface area contributed by atoms with Crippen LogP contribution in [0.1, 0.15) is 31.7 Å². The molecule has 0 radical (unpaired) electrons. The number of ether oxygens (including phenoxy) is 1. The third-order valence-electron chi connectivity index (χ3n) is 5.32. The largest absolute Gasteiger partial charge is 0.490 e. The second-order valence-electron chi connectivity index (χ2n) is 7.61. The van der Waals surface area contributed by atoms with Crippen molar-refractivity contribution in [1.82, 2.24) is 14.5 Å². The molecule has 30 heavy (non-hydrogen) atoms. The molecule has 1 fully saturated rings. The highest BCUT2D eigenvalue weighted by atomic mass is 16.5. The summed E-state index contributed by atoms with van der Waals surface area (Å²) in [4.78, 5) is 23.7.